The van der Waals surface area contributed by atoms with Gasteiger partial charge in [-0.2, -0.15) is 0 Å². The molecule has 0 unspecified atom stereocenters. The van der Waals surface area contributed by atoms with Crippen LogP contribution in [0.25, 0.3) is 0 Å². The highest BCUT2D eigenvalue weighted by Gasteiger charge is 2.27. The molecular formula is C27H31N3O3. The Labute approximate surface area is 195 Å². The van der Waals surface area contributed by atoms with E-state index < -0.39 is 0 Å². The molecule has 0 bridgehead atoms. The summed E-state index contributed by atoms with van der Waals surface area (Å²) in [5.41, 5.74) is 3.33. The van der Waals surface area contributed by atoms with Crippen molar-refractivity contribution in [2.24, 2.45) is 0 Å². The summed E-state index contributed by atoms with van der Waals surface area (Å²) in [5.74, 6) is 2.44. The Morgan fingerprint density at radius 3 is 2.48 bits per heavy atom. The molecule has 2 aromatic carbocycles. The molecule has 1 fully saturated rings. The van der Waals surface area contributed by atoms with E-state index in [1.54, 1.807) is 7.11 Å². The molecular weight excluding hydrogens is 414 g/mol. The van der Waals surface area contributed by atoms with Gasteiger partial charge in [-0.25, -0.2) is 10.0 Å². The van der Waals surface area contributed by atoms with Crippen molar-refractivity contribution in [1.82, 2.24) is 10.0 Å². The van der Waals surface area contributed by atoms with Gasteiger partial charge in [-0.1, -0.05) is 42.5 Å². The number of carbonyl (C=O) groups is 1. The van der Waals surface area contributed by atoms with E-state index in [1.165, 1.54) is 0 Å². The molecule has 2 aliphatic heterocycles. The van der Waals surface area contributed by atoms with Crippen molar-refractivity contribution in [2.45, 2.75) is 25.8 Å². The summed E-state index contributed by atoms with van der Waals surface area (Å²) >= 11 is 0. The fourth-order valence-corrected chi connectivity index (χ4v) is 4.87. The van der Waals surface area contributed by atoms with Crippen LogP contribution in [-0.4, -0.2) is 55.6 Å². The number of ketones is 1. The van der Waals surface area contributed by atoms with E-state index >= 15 is 0 Å². The summed E-state index contributed by atoms with van der Waals surface area (Å²) in [6.07, 6.45) is 2.28. The Morgan fingerprint density at radius 1 is 0.939 bits per heavy atom. The monoisotopic (exact) mass is 445 g/mol. The van der Waals surface area contributed by atoms with Gasteiger partial charge in [0.05, 0.1) is 12.8 Å². The topological polar surface area (TPSA) is 49.2 Å². The van der Waals surface area contributed by atoms with Crippen LogP contribution in [0.5, 0.6) is 5.75 Å². The molecule has 6 nitrogen and oxygen atoms in total. The second-order valence-corrected chi connectivity index (χ2v) is 8.75. The Kier molecular flexibility index (Phi) is 6.46. The third-order valence-electron chi connectivity index (χ3n) is 6.63. The molecule has 5 rings (SSSR count). The van der Waals surface area contributed by atoms with Crippen LogP contribution in [0.3, 0.4) is 0 Å². The third-order valence-corrected chi connectivity index (χ3v) is 6.63. The average Bonchev–Trinajstić information content (AvgIpc) is 3.16. The van der Waals surface area contributed by atoms with E-state index in [0.717, 1.165) is 80.4 Å². The van der Waals surface area contributed by atoms with Gasteiger partial charge in [0.15, 0.2) is 5.76 Å². The normalized spacial score (nSPS) is 17.4. The van der Waals surface area contributed by atoms with Crippen molar-refractivity contribution in [1.29, 1.82) is 0 Å². The number of methoxy groups -OCH3 is 1. The summed E-state index contributed by atoms with van der Waals surface area (Å²) in [5, 5.41) is 4.89. The van der Waals surface area contributed by atoms with Gasteiger partial charge in [-0.05, 0) is 30.2 Å². The third kappa shape index (κ3) is 4.82. The minimum Gasteiger partial charge on any atom is -0.495 e. The lowest BCUT2D eigenvalue weighted by Crippen LogP contribution is -2.53. The first kappa shape index (κ1) is 21.7. The minimum absolute atomic E-state index is 0.0475. The van der Waals surface area contributed by atoms with Crippen molar-refractivity contribution >= 4 is 11.5 Å². The number of piperazine rings is 1. The van der Waals surface area contributed by atoms with Crippen LogP contribution in [0.4, 0.5) is 5.69 Å². The Morgan fingerprint density at radius 2 is 1.70 bits per heavy atom. The van der Waals surface area contributed by atoms with Crippen LogP contribution in [0, 0.1) is 0 Å². The van der Waals surface area contributed by atoms with Crippen molar-refractivity contribution < 1.29 is 13.9 Å². The number of para-hydroxylation sites is 2. The van der Waals surface area contributed by atoms with E-state index in [1.807, 2.05) is 48.5 Å². The van der Waals surface area contributed by atoms with Crippen LogP contribution in [0.2, 0.25) is 0 Å². The molecule has 33 heavy (non-hydrogen) atoms. The Hall–Kier alpha value is -3.09. The zero-order chi connectivity index (χ0) is 22.6. The number of carbonyl (C=O) groups excluding carboxylic acids is 1. The quantitative estimate of drug-likeness (QED) is 0.530. The van der Waals surface area contributed by atoms with E-state index in [-0.39, 0.29) is 5.78 Å². The summed E-state index contributed by atoms with van der Waals surface area (Å²) in [4.78, 5) is 15.2. The molecule has 0 N–H and O–H groups in total. The first-order valence-electron chi connectivity index (χ1n) is 11.8. The van der Waals surface area contributed by atoms with Crippen molar-refractivity contribution in [3.8, 4) is 5.75 Å². The number of aryl methyl sites for hydroxylation is 1. The average molecular weight is 446 g/mol. The van der Waals surface area contributed by atoms with Gasteiger partial charge in [0.2, 0.25) is 5.78 Å². The zero-order valence-electron chi connectivity index (χ0n) is 19.2. The van der Waals surface area contributed by atoms with Crippen LogP contribution in [0.15, 0.2) is 65.1 Å². The first-order valence-corrected chi connectivity index (χ1v) is 11.8. The lowest BCUT2D eigenvalue weighted by molar-refractivity contribution is -0.0359. The number of benzene rings is 2. The first-order chi connectivity index (χ1) is 16.2. The van der Waals surface area contributed by atoms with Gasteiger partial charge in [-0.15, -0.1) is 0 Å². The minimum atomic E-state index is 0.0475. The molecule has 0 saturated carbocycles. The maximum atomic E-state index is 12.8. The maximum absolute atomic E-state index is 12.8. The van der Waals surface area contributed by atoms with Crippen molar-refractivity contribution in [3.63, 3.8) is 0 Å². The zero-order valence-corrected chi connectivity index (χ0v) is 19.2. The van der Waals surface area contributed by atoms with Crippen LogP contribution in [-0.2, 0) is 19.4 Å². The lowest BCUT2D eigenvalue weighted by atomic mass is 10.1. The number of rotatable bonds is 6. The number of hydrazine groups is 1. The predicted molar refractivity (Wildman–Crippen MR) is 129 cm³/mol. The van der Waals surface area contributed by atoms with Crippen molar-refractivity contribution in [3.05, 3.63) is 83.3 Å². The number of ether oxygens (including phenoxy) is 1. The summed E-state index contributed by atoms with van der Waals surface area (Å²) in [6, 6.07) is 20.1. The van der Waals surface area contributed by atoms with E-state index in [9.17, 15) is 4.79 Å². The van der Waals surface area contributed by atoms with Gasteiger partial charge in [-0.3, -0.25) is 4.79 Å². The number of hydrogen-bond donors (Lipinski definition) is 0. The molecule has 1 saturated heterocycles. The van der Waals surface area contributed by atoms with E-state index in [4.69, 9.17) is 9.15 Å². The van der Waals surface area contributed by atoms with Crippen LogP contribution in [0.1, 0.15) is 33.9 Å². The smallest absolute Gasteiger partial charge is 0.202 e. The van der Waals surface area contributed by atoms with E-state index in [2.05, 4.69) is 27.1 Å². The molecule has 0 amide bonds. The number of nitrogens with zero attached hydrogens (tertiary/aromatic N) is 3. The standard InChI is InChI=1S/C27H31N3O3/c1-32-26-11-6-5-10-23(26)28-14-16-29(17-15-28)30-13-7-12-25-22(20-30)19-27(33-25)24(31)18-21-8-3-2-4-9-21/h2-6,8-11,19H,7,12-18,20H2,1H3. The van der Waals surface area contributed by atoms with Crippen LogP contribution >= 0.6 is 0 Å². The number of furan rings is 1. The molecule has 6 heteroatoms. The molecule has 2 aliphatic rings. The number of fused-ring (bicyclic) bond motifs is 1. The largest absolute Gasteiger partial charge is 0.495 e. The second kappa shape index (κ2) is 9.81. The summed E-state index contributed by atoms with van der Waals surface area (Å²) < 4.78 is 11.6. The van der Waals surface area contributed by atoms with E-state index in [0.29, 0.717) is 12.2 Å². The highest BCUT2D eigenvalue weighted by molar-refractivity contribution is 5.95. The summed E-state index contributed by atoms with van der Waals surface area (Å²) in [6.45, 7) is 5.64. The molecule has 3 aromatic rings. The van der Waals surface area contributed by atoms with Gasteiger partial charge in [0.25, 0.3) is 0 Å². The molecule has 1 aromatic heterocycles. The fraction of sp³-hybridized carbons (Fsp3) is 0.370. The molecule has 0 spiro atoms. The molecule has 0 radical (unpaired) electrons. The van der Waals surface area contributed by atoms with Gasteiger partial charge < -0.3 is 14.1 Å². The highest BCUT2D eigenvalue weighted by atomic mass is 16.5. The highest BCUT2D eigenvalue weighted by Crippen LogP contribution is 2.29. The molecule has 172 valence electrons. The second-order valence-electron chi connectivity index (χ2n) is 8.75. The summed E-state index contributed by atoms with van der Waals surface area (Å²) in [7, 11) is 1.73. The van der Waals surface area contributed by atoms with Gasteiger partial charge >= 0.3 is 0 Å². The molecule has 0 atom stereocenters. The van der Waals surface area contributed by atoms with Crippen LogP contribution < -0.4 is 9.64 Å². The molecule has 3 heterocycles. The van der Waals surface area contributed by atoms with Crippen molar-refractivity contribution in [2.75, 3.05) is 44.7 Å². The Bertz CT molecular complexity index is 1090. The number of Topliss-reactive ketones (excluding diaryl/α,β-unsaturated/α-hetero) is 1. The number of anilines is 1. The fourth-order valence-electron chi connectivity index (χ4n) is 4.87. The van der Waals surface area contributed by atoms with Gasteiger partial charge in [0.1, 0.15) is 11.5 Å². The predicted octanol–water partition coefficient (Wildman–Crippen LogP) is 4.20. The van der Waals surface area contributed by atoms with Gasteiger partial charge in [0, 0.05) is 57.7 Å². The SMILES string of the molecule is COc1ccccc1N1CCN(N2CCCc3oc(C(=O)Cc4ccccc4)cc3C2)CC1. The Balaban J connectivity index is 1.23. The molecule has 0 aliphatic carbocycles. The lowest BCUT2D eigenvalue weighted by Gasteiger charge is -2.41. The maximum Gasteiger partial charge on any atom is 0.202 e. The number of hydrogen-bond acceptors (Lipinski definition) is 6.